The van der Waals surface area contributed by atoms with Crippen LogP contribution in [0.2, 0.25) is 0 Å². The van der Waals surface area contributed by atoms with Gasteiger partial charge in [-0.1, -0.05) is 0 Å². The number of aliphatic imine (C=N–C) groups is 1. The number of guanidine groups is 1. The summed E-state index contributed by atoms with van der Waals surface area (Å²) in [5, 5.41) is 6.81. The van der Waals surface area contributed by atoms with Crippen LogP contribution in [0.15, 0.2) is 4.99 Å². The lowest BCUT2D eigenvalue weighted by molar-refractivity contribution is 0.00701. The molecule has 27 heavy (non-hydrogen) atoms. The fraction of sp³-hybridized carbons (Fsp3) is 0.895. The largest absolute Gasteiger partial charge is 0.444 e. The first-order chi connectivity index (χ1) is 12.3. The van der Waals surface area contributed by atoms with E-state index in [0.29, 0.717) is 13.1 Å². The first kappa shape index (κ1) is 22.5. The lowest BCUT2D eigenvalue weighted by Gasteiger charge is -2.40. The lowest BCUT2D eigenvalue weighted by Crippen LogP contribution is -2.63. The molecule has 1 heterocycles. The second-order valence-corrected chi connectivity index (χ2v) is 8.90. The fourth-order valence-electron chi connectivity index (χ4n) is 3.25. The van der Waals surface area contributed by atoms with Gasteiger partial charge in [0.2, 0.25) is 0 Å². The summed E-state index contributed by atoms with van der Waals surface area (Å²) < 4.78 is 5.39. The minimum absolute atomic E-state index is 0. The van der Waals surface area contributed by atoms with Crippen LogP contribution in [0.25, 0.3) is 0 Å². The van der Waals surface area contributed by atoms with E-state index in [4.69, 9.17) is 4.74 Å². The lowest BCUT2D eigenvalue weighted by atomic mass is 10.1. The third kappa shape index (κ3) is 7.63. The molecule has 0 aromatic carbocycles. The number of amides is 1. The predicted octanol–water partition coefficient (Wildman–Crippen LogP) is 2.26. The van der Waals surface area contributed by atoms with E-state index >= 15 is 0 Å². The molecule has 3 aliphatic rings. The van der Waals surface area contributed by atoms with E-state index in [-0.39, 0.29) is 36.1 Å². The van der Waals surface area contributed by atoms with Crippen molar-refractivity contribution < 1.29 is 9.53 Å². The third-order valence-corrected chi connectivity index (χ3v) is 5.04. The average molecular weight is 493 g/mol. The van der Waals surface area contributed by atoms with Gasteiger partial charge in [-0.2, -0.15) is 0 Å². The standard InChI is InChI=1S/C19H35N5O2.HI/c1-19(2,3)26-18(25)24-12-15(13-24)22-17(20-4)21-9-10-23(16-7-8-16)11-14-5-6-14;/h14-16H,5-13H2,1-4H3,(H2,20,21,22);1H. The Bertz CT molecular complexity index is 523. The molecule has 1 aliphatic heterocycles. The molecule has 0 bridgehead atoms. The van der Waals surface area contributed by atoms with Gasteiger partial charge in [-0.05, 0) is 52.4 Å². The van der Waals surface area contributed by atoms with Crippen molar-refractivity contribution in [1.29, 1.82) is 0 Å². The quantitative estimate of drug-likeness (QED) is 0.324. The molecule has 8 heteroatoms. The summed E-state index contributed by atoms with van der Waals surface area (Å²) in [6.45, 7) is 10.2. The molecular weight excluding hydrogens is 457 g/mol. The highest BCUT2D eigenvalue weighted by Crippen LogP contribution is 2.34. The number of nitrogens with one attached hydrogen (secondary N) is 2. The number of hydrogen-bond donors (Lipinski definition) is 2. The first-order valence-corrected chi connectivity index (χ1v) is 10.0. The summed E-state index contributed by atoms with van der Waals surface area (Å²) in [6, 6.07) is 1.06. The topological polar surface area (TPSA) is 69.2 Å². The van der Waals surface area contributed by atoms with Crippen LogP contribution in [0.4, 0.5) is 4.79 Å². The van der Waals surface area contributed by atoms with Crippen molar-refractivity contribution in [2.75, 3.05) is 39.8 Å². The monoisotopic (exact) mass is 493 g/mol. The van der Waals surface area contributed by atoms with Crippen LogP contribution >= 0.6 is 24.0 Å². The Labute approximate surface area is 180 Å². The van der Waals surface area contributed by atoms with Gasteiger partial charge in [0.15, 0.2) is 5.96 Å². The summed E-state index contributed by atoms with van der Waals surface area (Å²) in [5.74, 6) is 1.77. The van der Waals surface area contributed by atoms with E-state index in [0.717, 1.165) is 31.0 Å². The van der Waals surface area contributed by atoms with E-state index < -0.39 is 5.60 Å². The van der Waals surface area contributed by atoms with Gasteiger partial charge in [0.05, 0.1) is 6.04 Å². The van der Waals surface area contributed by atoms with Crippen LogP contribution in [0.5, 0.6) is 0 Å². The summed E-state index contributed by atoms with van der Waals surface area (Å²) in [4.78, 5) is 20.7. The normalized spacial score (nSPS) is 20.8. The maximum Gasteiger partial charge on any atom is 0.410 e. The number of rotatable bonds is 7. The van der Waals surface area contributed by atoms with Crippen LogP contribution in [0.1, 0.15) is 46.5 Å². The number of nitrogens with zero attached hydrogens (tertiary/aromatic N) is 3. The smallest absolute Gasteiger partial charge is 0.410 e. The number of hydrogen-bond acceptors (Lipinski definition) is 4. The highest BCUT2D eigenvalue weighted by Gasteiger charge is 2.35. The van der Waals surface area contributed by atoms with Crippen molar-refractivity contribution >= 4 is 36.0 Å². The highest BCUT2D eigenvalue weighted by atomic mass is 127. The van der Waals surface area contributed by atoms with Crippen LogP contribution in [0, 0.1) is 5.92 Å². The summed E-state index contributed by atoms with van der Waals surface area (Å²) in [5.41, 5.74) is -0.443. The zero-order chi connectivity index (χ0) is 18.7. The number of halogens is 1. The number of carbonyl (C=O) groups excluding carboxylic acids is 1. The fourth-order valence-corrected chi connectivity index (χ4v) is 3.25. The predicted molar refractivity (Wildman–Crippen MR) is 119 cm³/mol. The molecule has 2 N–H and O–H groups in total. The number of carbonyl (C=O) groups is 1. The van der Waals surface area contributed by atoms with E-state index in [1.165, 1.54) is 32.2 Å². The Morgan fingerprint density at radius 3 is 2.41 bits per heavy atom. The van der Waals surface area contributed by atoms with E-state index in [9.17, 15) is 4.79 Å². The first-order valence-electron chi connectivity index (χ1n) is 10.0. The minimum Gasteiger partial charge on any atom is -0.444 e. The Morgan fingerprint density at radius 2 is 1.89 bits per heavy atom. The third-order valence-electron chi connectivity index (χ3n) is 5.04. The summed E-state index contributed by atoms with van der Waals surface area (Å²) in [6.07, 6.45) is 5.31. The molecule has 1 amide bonds. The second-order valence-electron chi connectivity index (χ2n) is 8.90. The molecule has 1 saturated heterocycles. The van der Waals surface area contributed by atoms with Gasteiger partial charge in [-0.15, -0.1) is 24.0 Å². The Kier molecular flexibility index (Phi) is 8.03. The molecule has 0 aromatic heterocycles. The van der Waals surface area contributed by atoms with Gasteiger partial charge < -0.3 is 20.3 Å². The molecular formula is C19H36IN5O2. The second kappa shape index (κ2) is 9.62. The zero-order valence-corrected chi connectivity index (χ0v) is 19.5. The van der Waals surface area contributed by atoms with Crippen molar-refractivity contribution in [2.24, 2.45) is 10.9 Å². The van der Waals surface area contributed by atoms with Gasteiger partial charge in [0.1, 0.15) is 5.60 Å². The Balaban J connectivity index is 0.00000261. The SMILES string of the molecule is CN=C(NCCN(CC1CC1)C1CC1)NC1CN(C(=O)OC(C)(C)C)C1.I. The van der Waals surface area contributed by atoms with Crippen molar-refractivity contribution in [2.45, 2.75) is 64.1 Å². The van der Waals surface area contributed by atoms with Gasteiger partial charge >= 0.3 is 6.09 Å². The maximum absolute atomic E-state index is 12.0. The average Bonchev–Trinajstić information content (AvgIpc) is 3.38. The Hall–Kier alpha value is -0.770. The van der Waals surface area contributed by atoms with Crippen molar-refractivity contribution in [3.8, 4) is 0 Å². The van der Waals surface area contributed by atoms with E-state index in [1.54, 1.807) is 11.9 Å². The molecule has 3 fully saturated rings. The summed E-state index contributed by atoms with van der Waals surface area (Å²) in [7, 11) is 1.79. The van der Waals surface area contributed by atoms with Crippen LogP contribution in [-0.2, 0) is 4.74 Å². The van der Waals surface area contributed by atoms with Crippen molar-refractivity contribution in [3.63, 3.8) is 0 Å². The van der Waals surface area contributed by atoms with Crippen LogP contribution in [0.3, 0.4) is 0 Å². The number of likely N-dealkylation sites (tertiary alicyclic amines) is 1. The molecule has 2 saturated carbocycles. The Morgan fingerprint density at radius 1 is 1.22 bits per heavy atom. The molecule has 0 radical (unpaired) electrons. The molecule has 0 aromatic rings. The molecule has 0 unspecified atom stereocenters. The van der Waals surface area contributed by atoms with Gasteiger partial charge in [-0.3, -0.25) is 9.89 Å². The van der Waals surface area contributed by atoms with Crippen LogP contribution in [-0.4, -0.2) is 79.3 Å². The molecule has 7 nitrogen and oxygen atoms in total. The molecule has 0 atom stereocenters. The van der Waals surface area contributed by atoms with Gasteiger partial charge in [0.25, 0.3) is 0 Å². The molecule has 156 valence electrons. The van der Waals surface area contributed by atoms with E-state index in [2.05, 4.69) is 20.5 Å². The van der Waals surface area contributed by atoms with Gasteiger partial charge in [0, 0.05) is 45.8 Å². The molecule has 2 aliphatic carbocycles. The zero-order valence-electron chi connectivity index (χ0n) is 17.2. The van der Waals surface area contributed by atoms with Crippen molar-refractivity contribution in [3.05, 3.63) is 0 Å². The van der Waals surface area contributed by atoms with Crippen molar-refractivity contribution in [1.82, 2.24) is 20.4 Å². The maximum atomic E-state index is 12.0. The molecule has 0 spiro atoms. The minimum atomic E-state index is -0.443. The van der Waals surface area contributed by atoms with E-state index in [1.807, 2.05) is 20.8 Å². The molecule has 3 rings (SSSR count). The summed E-state index contributed by atoms with van der Waals surface area (Å²) >= 11 is 0. The van der Waals surface area contributed by atoms with Gasteiger partial charge in [-0.25, -0.2) is 4.79 Å². The number of ether oxygens (including phenoxy) is 1. The highest BCUT2D eigenvalue weighted by molar-refractivity contribution is 14.0. The van der Waals surface area contributed by atoms with Crippen LogP contribution < -0.4 is 10.6 Å².